The van der Waals surface area contributed by atoms with E-state index in [1.165, 1.54) is 24.3 Å². The predicted octanol–water partition coefficient (Wildman–Crippen LogP) is 4.69. The molecule has 0 amide bonds. The van der Waals surface area contributed by atoms with Crippen molar-refractivity contribution in [2.75, 3.05) is 0 Å². The highest BCUT2D eigenvalue weighted by Gasteiger charge is 2.04. The monoisotopic (exact) mass is 267 g/mol. The van der Waals surface area contributed by atoms with Gasteiger partial charge < -0.3 is 0 Å². The topological polar surface area (TPSA) is 12.9 Å². The summed E-state index contributed by atoms with van der Waals surface area (Å²) in [7, 11) is 0. The van der Waals surface area contributed by atoms with Gasteiger partial charge in [-0.1, -0.05) is 24.3 Å². The molecule has 20 heavy (non-hydrogen) atoms. The van der Waals surface area contributed by atoms with Crippen LogP contribution in [0.5, 0.6) is 0 Å². The third-order valence-electron chi connectivity index (χ3n) is 3.05. The number of aromatic nitrogens is 1. The minimum atomic E-state index is -0.293. The third-order valence-corrected chi connectivity index (χ3v) is 3.05. The molecule has 0 aliphatic heterocycles. The van der Waals surface area contributed by atoms with Crippen LogP contribution in [0.25, 0.3) is 22.3 Å². The summed E-state index contributed by atoms with van der Waals surface area (Å²) in [5.74, 6) is -0.586. The van der Waals surface area contributed by atoms with Gasteiger partial charge in [-0.05, 0) is 41.5 Å². The van der Waals surface area contributed by atoms with Gasteiger partial charge in [0.2, 0.25) is 0 Å². The van der Waals surface area contributed by atoms with Gasteiger partial charge in [-0.3, -0.25) is 4.98 Å². The summed E-state index contributed by atoms with van der Waals surface area (Å²) < 4.78 is 26.5. The fraction of sp³-hybridized carbons (Fsp3) is 0. The van der Waals surface area contributed by atoms with E-state index in [0.717, 1.165) is 22.3 Å². The molecular formula is C17H11F2N. The molecular weight excluding hydrogens is 256 g/mol. The van der Waals surface area contributed by atoms with E-state index in [9.17, 15) is 8.78 Å². The third kappa shape index (κ3) is 2.57. The average molecular weight is 267 g/mol. The van der Waals surface area contributed by atoms with Gasteiger partial charge in [0.25, 0.3) is 0 Å². The maximum Gasteiger partial charge on any atom is 0.123 e. The molecule has 0 N–H and O–H groups in total. The smallest absolute Gasteiger partial charge is 0.123 e. The second kappa shape index (κ2) is 5.21. The highest BCUT2D eigenvalue weighted by atomic mass is 19.1. The molecule has 1 aromatic heterocycles. The Hall–Kier alpha value is -2.55. The number of benzene rings is 2. The summed E-state index contributed by atoms with van der Waals surface area (Å²) in [4.78, 5) is 4.15. The van der Waals surface area contributed by atoms with Crippen LogP contribution in [0.4, 0.5) is 8.78 Å². The number of hydrogen-bond donors (Lipinski definition) is 0. The maximum atomic E-state index is 13.3. The lowest BCUT2D eigenvalue weighted by atomic mass is 10.0. The summed E-state index contributed by atoms with van der Waals surface area (Å²) >= 11 is 0. The van der Waals surface area contributed by atoms with Gasteiger partial charge in [-0.2, -0.15) is 0 Å². The predicted molar refractivity (Wildman–Crippen MR) is 75.0 cm³/mol. The Balaban J connectivity index is 2.06. The van der Waals surface area contributed by atoms with Crippen molar-refractivity contribution in [3.8, 4) is 22.3 Å². The SMILES string of the molecule is Fc1cccc(-c2cncc(-c3cccc(F)c3)c2)c1. The lowest BCUT2D eigenvalue weighted by molar-refractivity contribution is 0.628. The van der Waals surface area contributed by atoms with Crippen LogP contribution in [0.15, 0.2) is 67.0 Å². The first kappa shape index (κ1) is 12.5. The summed E-state index contributed by atoms with van der Waals surface area (Å²) in [6.45, 7) is 0. The Kier molecular flexibility index (Phi) is 3.25. The van der Waals surface area contributed by atoms with Crippen LogP contribution in [-0.4, -0.2) is 4.98 Å². The Morgan fingerprint density at radius 2 is 1.10 bits per heavy atom. The molecule has 0 spiro atoms. The Morgan fingerprint density at radius 3 is 1.55 bits per heavy atom. The molecule has 3 heteroatoms. The van der Waals surface area contributed by atoms with Gasteiger partial charge in [0.05, 0.1) is 0 Å². The molecule has 1 heterocycles. The molecule has 3 aromatic rings. The molecule has 3 rings (SSSR count). The van der Waals surface area contributed by atoms with E-state index in [1.807, 2.05) is 18.2 Å². The highest BCUT2D eigenvalue weighted by molar-refractivity contribution is 5.71. The minimum absolute atomic E-state index is 0.293. The zero-order chi connectivity index (χ0) is 13.9. The minimum Gasteiger partial charge on any atom is -0.263 e. The average Bonchev–Trinajstić information content (AvgIpc) is 2.47. The summed E-state index contributed by atoms with van der Waals surface area (Å²) in [6, 6.07) is 14.5. The van der Waals surface area contributed by atoms with Crippen molar-refractivity contribution in [1.82, 2.24) is 4.98 Å². The molecule has 98 valence electrons. The first-order chi connectivity index (χ1) is 9.72. The van der Waals surface area contributed by atoms with Crippen molar-refractivity contribution < 1.29 is 8.78 Å². The molecule has 0 unspecified atom stereocenters. The summed E-state index contributed by atoms with van der Waals surface area (Å²) in [5.41, 5.74) is 3.09. The normalized spacial score (nSPS) is 10.5. The van der Waals surface area contributed by atoms with E-state index in [4.69, 9.17) is 0 Å². The van der Waals surface area contributed by atoms with Gasteiger partial charge in [-0.25, -0.2) is 8.78 Å². The van der Waals surface area contributed by atoms with Crippen LogP contribution < -0.4 is 0 Å². The second-order valence-electron chi connectivity index (χ2n) is 4.48. The lowest BCUT2D eigenvalue weighted by Crippen LogP contribution is -1.85. The number of halogens is 2. The highest BCUT2D eigenvalue weighted by Crippen LogP contribution is 2.25. The number of rotatable bonds is 2. The van der Waals surface area contributed by atoms with Gasteiger partial charge in [0.15, 0.2) is 0 Å². The van der Waals surface area contributed by atoms with Crippen molar-refractivity contribution in [2.24, 2.45) is 0 Å². The molecule has 0 atom stereocenters. The van der Waals surface area contributed by atoms with E-state index in [-0.39, 0.29) is 11.6 Å². The fourth-order valence-electron chi connectivity index (χ4n) is 2.09. The number of nitrogens with zero attached hydrogens (tertiary/aromatic N) is 1. The Morgan fingerprint density at radius 1 is 0.600 bits per heavy atom. The van der Waals surface area contributed by atoms with E-state index < -0.39 is 0 Å². The first-order valence-electron chi connectivity index (χ1n) is 6.19. The zero-order valence-electron chi connectivity index (χ0n) is 10.6. The molecule has 1 nitrogen and oxygen atoms in total. The van der Waals surface area contributed by atoms with E-state index >= 15 is 0 Å². The van der Waals surface area contributed by atoms with E-state index in [2.05, 4.69) is 4.98 Å². The van der Waals surface area contributed by atoms with Crippen molar-refractivity contribution >= 4 is 0 Å². The largest absolute Gasteiger partial charge is 0.263 e. The van der Waals surface area contributed by atoms with Gasteiger partial charge in [0, 0.05) is 23.5 Å². The molecule has 0 saturated heterocycles. The van der Waals surface area contributed by atoms with E-state index in [0.29, 0.717) is 0 Å². The van der Waals surface area contributed by atoms with Crippen LogP contribution in [-0.2, 0) is 0 Å². The standard InChI is InChI=1S/C17H11F2N/c18-16-5-1-3-12(8-16)14-7-15(11-20-10-14)13-4-2-6-17(19)9-13/h1-11H. The molecule has 0 aliphatic rings. The van der Waals surface area contributed by atoms with Crippen LogP contribution in [0, 0.1) is 11.6 Å². The fourth-order valence-corrected chi connectivity index (χ4v) is 2.09. The van der Waals surface area contributed by atoms with Crippen LogP contribution in [0.1, 0.15) is 0 Å². The molecule has 0 aliphatic carbocycles. The van der Waals surface area contributed by atoms with Gasteiger partial charge in [-0.15, -0.1) is 0 Å². The van der Waals surface area contributed by atoms with Crippen molar-refractivity contribution in [3.63, 3.8) is 0 Å². The van der Waals surface area contributed by atoms with Crippen molar-refractivity contribution in [2.45, 2.75) is 0 Å². The van der Waals surface area contributed by atoms with Crippen LogP contribution >= 0.6 is 0 Å². The first-order valence-corrected chi connectivity index (χ1v) is 6.19. The Bertz CT molecular complexity index is 692. The van der Waals surface area contributed by atoms with Crippen molar-refractivity contribution in [3.05, 3.63) is 78.6 Å². The second-order valence-corrected chi connectivity index (χ2v) is 4.48. The molecule has 2 aromatic carbocycles. The molecule has 0 fully saturated rings. The quantitative estimate of drug-likeness (QED) is 0.656. The van der Waals surface area contributed by atoms with Gasteiger partial charge >= 0.3 is 0 Å². The number of pyridine rings is 1. The van der Waals surface area contributed by atoms with Gasteiger partial charge in [0.1, 0.15) is 11.6 Å². The molecule has 0 saturated carbocycles. The van der Waals surface area contributed by atoms with Crippen LogP contribution in [0.2, 0.25) is 0 Å². The van der Waals surface area contributed by atoms with Crippen molar-refractivity contribution in [1.29, 1.82) is 0 Å². The van der Waals surface area contributed by atoms with E-state index in [1.54, 1.807) is 24.5 Å². The molecule has 0 bridgehead atoms. The molecule has 0 radical (unpaired) electrons. The zero-order valence-corrected chi connectivity index (χ0v) is 10.6. The summed E-state index contributed by atoms with van der Waals surface area (Å²) in [6.07, 6.45) is 3.33. The summed E-state index contributed by atoms with van der Waals surface area (Å²) in [5, 5.41) is 0. The Labute approximate surface area is 115 Å². The lowest BCUT2D eigenvalue weighted by Gasteiger charge is -2.05. The maximum absolute atomic E-state index is 13.3. The van der Waals surface area contributed by atoms with Crippen LogP contribution in [0.3, 0.4) is 0 Å². The number of hydrogen-bond acceptors (Lipinski definition) is 1.